The Morgan fingerprint density at radius 2 is 1.74 bits per heavy atom. The molecule has 31 heavy (non-hydrogen) atoms. The summed E-state index contributed by atoms with van der Waals surface area (Å²) in [4.78, 5) is 0. The smallest absolute Gasteiger partial charge is 0.228 e. The fourth-order valence-electron chi connectivity index (χ4n) is 5.20. The van der Waals surface area contributed by atoms with Crippen LogP contribution >= 0.6 is 0 Å². The fourth-order valence-corrected chi connectivity index (χ4v) is 5.20. The van der Waals surface area contributed by atoms with E-state index in [9.17, 15) is 0 Å². The van der Waals surface area contributed by atoms with E-state index in [1.165, 1.54) is 33.2 Å². The molecule has 0 saturated heterocycles. The summed E-state index contributed by atoms with van der Waals surface area (Å²) in [6.07, 6.45) is 4.84. The quantitative estimate of drug-likeness (QED) is 0.268. The lowest BCUT2D eigenvalue weighted by Crippen LogP contribution is -2.32. The maximum absolute atomic E-state index is 6.79. The number of aryl methyl sites for hydroxylation is 2. The van der Waals surface area contributed by atoms with Crippen molar-refractivity contribution in [2.75, 3.05) is 0 Å². The lowest BCUT2D eigenvalue weighted by atomic mass is 9.81. The normalized spacial score (nSPS) is 13.1. The first-order chi connectivity index (χ1) is 14.8. The third-order valence-corrected chi connectivity index (χ3v) is 6.49. The van der Waals surface area contributed by atoms with Crippen molar-refractivity contribution >= 4 is 32.5 Å². The van der Waals surface area contributed by atoms with Crippen LogP contribution in [-0.2, 0) is 13.5 Å². The summed E-state index contributed by atoms with van der Waals surface area (Å²) in [5.41, 5.74) is 6.00. The average molecular weight is 409 g/mol. The van der Waals surface area contributed by atoms with Gasteiger partial charge in [-0.25, -0.2) is 4.57 Å². The Morgan fingerprint density at radius 3 is 2.52 bits per heavy atom. The molecule has 0 radical (unpaired) electrons. The van der Waals surface area contributed by atoms with Crippen molar-refractivity contribution in [3.63, 3.8) is 0 Å². The number of pyridine rings is 1. The number of aromatic nitrogens is 1. The lowest BCUT2D eigenvalue weighted by Gasteiger charge is -2.28. The van der Waals surface area contributed by atoms with Gasteiger partial charge in [0.2, 0.25) is 5.69 Å². The van der Waals surface area contributed by atoms with Crippen LogP contribution in [0.2, 0.25) is 0 Å². The lowest BCUT2D eigenvalue weighted by molar-refractivity contribution is -0.659. The molecule has 0 spiro atoms. The predicted molar refractivity (Wildman–Crippen MR) is 126 cm³/mol. The zero-order valence-corrected chi connectivity index (χ0v) is 18.7. The summed E-state index contributed by atoms with van der Waals surface area (Å²) >= 11 is 0. The molecule has 2 aromatic heterocycles. The molecule has 0 fully saturated rings. The molecule has 0 amide bonds. The Morgan fingerprint density at radius 1 is 0.968 bits per heavy atom. The van der Waals surface area contributed by atoms with Crippen molar-refractivity contribution in [3.8, 4) is 22.8 Å². The molecule has 3 aromatic carbocycles. The summed E-state index contributed by atoms with van der Waals surface area (Å²) in [6, 6.07) is 15.0. The molecular formula is C28H26NO2+. The summed E-state index contributed by atoms with van der Waals surface area (Å²) in [7, 11) is 2.12. The van der Waals surface area contributed by atoms with Gasteiger partial charge in [0.1, 0.15) is 29.5 Å². The standard InChI is InChI=1S/C28H26NO2/c1-16-18-8-6-7-9-19(18)21(15-28(2,3)4)27-23(16)25-24-20(10-12-29(25)5)26-17(11-13-30-26)14-22(24)31-27/h6-14H,15H2,1-5H3/q+1. The SMILES string of the molecule is Cc1c2c(c(CC(C)(C)C)c3ccccc13)Oc1cc3ccoc3c3cc[n+](C)c-2c13. The van der Waals surface area contributed by atoms with E-state index >= 15 is 0 Å². The summed E-state index contributed by atoms with van der Waals surface area (Å²) in [5.74, 6) is 1.91. The first kappa shape index (κ1) is 18.4. The number of furan rings is 1. The summed E-state index contributed by atoms with van der Waals surface area (Å²) in [5, 5.41) is 5.88. The van der Waals surface area contributed by atoms with Crippen LogP contribution < -0.4 is 9.30 Å². The van der Waals surface area contributed by atoms with Gasteiger partial charge in [-0.15, -0.1) is 0 Å². The van der Waals surface area contributed by atoms with E-state index in [1.807, 2.05) is 6.07 Å². The van der Waals surface area contributed by atoms with Crippen molar-refractivity contribution in [3.05, 3.63) is 66.1 Å². The Bertz CT molecular complexity index is 1530. The zero-order valence-electron chi connectivity index (χ0n) is 18.7. The van der Waals surface area contributed by atoms with E-state index in [1.54, 1.807) is 6.26 Å². The van der Waals surface area contributed by atoms with E-state index < -0.39 is 0 Å². The highest BCUT2D eigenvalue weighted by Crippen LogP contribution is 2.52. The zero-order chi connectivity index (χ0) is 21.5. The van der Waals surface area contributed by atoms with Crippen molar-refractivity contribution < 1.29 is 13.7 Å². The van der Waals surface area contributed by atoms with E-state index in [-0.39, 0.29) is 5.41 Å². The molecule has 0 atom stereocenters. The molecule has 3 heteroatoms. The van der Waals surface area contributed by atoms with Crippen LogP contribution in [0, 0.1) is 12.3 Å². The molecule has 3 nitrogen and oxygen atoms in total. The minimum atomic E-state index is 0.137. The highest BCUT2D eigenvalue weighted by Gasteiger charge is 2.34. The number of rotatable bonds is 1. The van der Waals surface area contributed by atoms with Gasteiger partial charge in [-0.05, 0) is 47.2 Å². The molecule has 0 aliphatic carbocycles. The molecule has 3 heterocycles. The second-order valence-electron chi connectivity index (χ2n) is 9.97. The Kier molecular flexibility index (Phi) is 3.63. The van der Waals surface area contributed by atoms with Crippen LogP contribution in [0.4, 0.5) is 0 Å². The number of ether oxygens (including phenoxy) is 1. The second-order valence-corrected chi connectivity index (χ2v) is 9.97. The number of hydrogen-bond acceptors (Lipinski definition) is 2. The van der Waals surface area contributed by atoms with Crippen LogP contribution in [0.25, 0.3) is 43.8 Å². The van der Waals surface area contributed by atoms with E-state index in [0.29, 0.717) is 0 Å². The molecule has 1 aliphatic heterocycles. The highest BCUT2D eigenvalue weighted by molar-refractivity contribution is 6.14. The molecule has 6 rings (SSSR count). The van der Waals surface area contributed by atoms with Crippen molar-refractivity contribution in [2.24, 2.45) is 12.5 Å². The van der Waals surface area contributed by atoms with Crippen molar-refractivity contribution in [2.45, 2.75) is 34.1 Å². The van der Waals surface area contributed by atoms with Crippen LogP contribution in [-0.4, -0.2) is 0 Å². The second kappa shape index (κ2) is 6.10. The largest absolute Gasteiger partial charge is 0.464 e. The van der Waals surface area contributed by atoms with Gasteiger partial charge < -0.3 is 9.15 Å². The summed E-state index contributed by atoms with van der Waals surface area (Å²) in [6.45, 7) is 9.10. The van der Waals surface area contributed by atoms with Gasteiger partial charge in [-0.2, -0.15) is 0 Å². The highest BCUT2D eigenvalue weighted by atomic mass is 16.5. The number of hydrogen-bond donors (Lipinski definition) is 0. The minimum absolute atomic E-state index is 0.137. The Hall–Kier alpha value is -3.33. The van der Waals surface area contributed by atoms with Crippen LogP contribution in [0.15, 0.2) is 59.3 Å². The summed E-state index contributed by atoms with van der Waals surface area (Å²) < 4.78 is 14.9. The first-order valence-electron chi connectivity index (χ1n) is 10.9. The number of nitrogens with zero attached hydrogens (tertiary/aromatic N) is 1. The van der Waals surface area contributed by atoms with Gasteiger partial charge in [0.25, 0.3) is 0 Å². The Labute approximate surface area is 181 Å². The van der Waals surface area contributed by atoms with Crippen molar-refractivity contribution in [1.29, 1.82) is 0 Å². The van der Waals surface area contributed by atoms with Gasteiger partial charge >= 0.3 is 0 Å². The van der Waals surface area contributed by atoms with Crippen LogP contribution in [0.1, 0.15) is 31.9 Å². The van der Waals surface area contributed by atoms with Gasteiger partial charge in [0.15, 0.2) is 6.20 Å². The molecule has 0 saturated carbocycles. The van der Waals surface area contributed by atoms with Gasteiger partial charge in [-0.1, -0.05) is 45.0 Å². The van der Waals surface area contributed by atoms with Crippen LogP contribution in [0.3, 0.4) is 0 Å². The molecule has 5 aromatic rings. The average Bonchev–Trinajstić information content (AvgIpc) is 3.20. The first-order valence-corrected chi connectivity index (χ1v) is 10.9. The fraction of sp³-hybridized carbons (Fsp3) is 0.250. The maximum atomic E-state index is 6.79. The van der Waals surface area contributed by atoms with E-state index in [4.69, 9.17) is 9.15 Å². The van der Waals surface area contributed by atoms with Gasteiger partial charge in [0.05, 0.1) is 11.8 Å². The number of fused-ring (bicyclic) bond motifs is 5. The molecular weight excluding hydrogens is 382 g/mol. The maximum Gasteiger partial charge on any atom is 0.228 e. The Balaban J connectivity index is 1.83. The van der Waals surface area contributed by atoms with Gasteiger partial charge in [-0.3, -0.25) is 0 Å². The molecule has 0 unspecified atom stereocenters. The molecule has 154 valence electrons. The number of benzene rings is 3. The van der Waals surface area contributed by atoms with Gasteiger partial charge in [0, 0.05) is 22.4 Å². The molecule has 0 bridgehead atoms. The topological polar surface area (TPSA) is 26.2 Å². The predicted octanol–water partition coefficient (Wildman–Crippen LogP) is 7.23. The molecule has 1 aliphatic rings. The minimum Gasteiger partial charge on any atom is -0.464 e. The molecule has 0 N–H and O–H groups in total. The monoisotopic (exact) mass is 408 g/mol. The third kappa shape index (κ3) is 2.56. The van der Waals surface area contributed by atoms with Crippen molar-refractivity contribution in [1.82, 2.24) is 0 Å². The third-order valence-electron chi connectivity index (χ3n) is 6.49. The van der Waals surface area contributed by atoms with E-state index in [2.05, 4.69) is 81.9 Å². The van der Waals surface area contributed by atoms with E-state index in [0.717, 1.165) is 39.7 Å². The van der Waals surface area contributed by atoms with Crippen LogP contribution in [0.5, 0.6) is 11.5 Å².